The van der Waals surface area contributed by atoms with Crippen LogP contribution in [0.4, 0.5) is 4.39 Å². The summed E-state index contributed by atoms with van der Waals surface area (Å²) in [5.41, 5.74) is 0.692. The predicted molar refractivity (Wildman–Crippen MR) is 110 cm³/mol. The lowest BCUT2D eigenvalue weighted by atomic mass is 9.86. The predicted octanol–water partition coefficient (Wildman–Crippen LogP) is 1.32. The number of aromatic nitrogens is 1. The Bertz CT molecular complexity index is 1080. The number of aliphatic hydroxyl groups is 1. The molecule has 2 amide bonds. The van der Waals surface area contributed by atoms with Crippen LogP contribution in [0.5, 0.6) is 0 Å². The van der Waals surface area contributed by atoms with Gasteiger partial charge in [0.2, 0.25) is 5.91 Å². The second-order valence-corrected chi connectivity index (χ2v) is 8.69. The highest BCUT2D eigenvalue weighted by Gasteiger charge is 2.57. The topological polar surface area (TPSA) is 91.6 Å². The molecule has 5 rings (SSSR count). The molecule has 0 unspecified atom stereocenters. The van der Waals surface area contributed by atoms with Gasteiger partial charge in [0, 0.05) is 42.9 Å². The van der Waals surface area contributed by atoms with Gasteiger partial charge in [-0.05, 0) is 49.1 Å². The van der Waals surface area contributed by atoms with Gasteiger partial charge in [0.15, 0.2) is 0 Å². The quantitative estimate of drug-likeness (QED) is 0.756. The average molecular weight is 425 g/mol. The van der Waals surface area contributed by atoms with Gasteiger partial charge in [0.1, 0.15) is 5.82 Å². The zero-order valence-corrected chi connectivity index (χ0v) is 16.9. The van der Waals surface area contributed by atoms with Gasteiger partial charge in [-0.3, -0.25) is 14.4 Å². The Balaban J connectivity index is 1.57. The van der Waals surface area contributed by atoms with Gasteiger partial charge in [0.05, 0.1) is 18.0 Å². The van der Waals surface area contributed by atoms with Crippen molar-refractivity contribution in [3.63, 3.8) is 0 Å². The fraction of sp³-hybridized carbons (Fsp3) is 0.435. The Hall–Kier alpha value is -3.00. The van der Waals surface area contributed by atoms with Crippen LogP contribution in [0.2, 0.25) is 0 Å². The van der Waals surface area contributed by atoms with E-state index in [2.05, 4.69) is 5.32 Å². The molecule has 2 aliphatic heterocycles. The number of aliphatic hydroxyl groups excluding tert-OH is 1. The second kappa shape index (κ2) is 7.60. The van der Waals surface area contributed by atoms with E-state index in [1.807, 2.05) is 0 Å². The fourth-order valence-electron chi connectivity index (χ4n) is 5.06. The first-order chi connectivity index (χ1) is 15.0. The summed E-state index contributed by atoms with van der Waals surface area (Å²) in [6, 6.07) is 8.92. The van der Waals surface area contributed by atoms with Gasteiger partial charge in [-0.2, -0.15) is 0 Å². The van der Waals surface area contributed by atoms with E-state index in [-0.39, 0.29) is 30.5 Å². The van der Waals surface area contributed by atoms with E-state index in [0.717, 1.165) is 12.8 Å². The molecular formula is C23H24FN3O4. The number of carbonyl (C=O) groups excluding carboxylic acids is 2. The van der Waals surface area contributed by atoms with Crippen molar-refractivity contribution in [3.05, 3.63) is 69.9 Å². The van der Waals surface area contributed by atoms with Crippen molar-refractivity contribution in [2.24, 2.45) is 17.8 Å². The highest BCUT2D eigenvalue weighted by Crippen LogP contribution is 2.48. The Labute approximate surface area is 178 Å². The Morgan fingerprint density at radius 2 is 1.87 bits per heavy atom. The van der Waals surface area contributed by atoms with Gasteiger partial charge in [-0.1, -0.05) is 6.07 Å². The number of pyridine rings is 1. The first kappa shape index (κ1) is 19.9. The lowest BCUT2D eigenvalue weighted by molar-refractivity contribution is -0.127. The molecule has 2 N–H and O–H groups in total. The number of nitrogens with one attached hydrogen (secondary N) is 1. The second-order valence-electron chi connectivity index (χ2n) is 8.69. The maximum absolute atomic E-state index is 13.5. The summed E-state index contributed by atoms with van der Waals surface area (Å²) in [5.74, 6) is -1.68. The number of carbonyl (C=O) groups is 2. The Morgan fingerprint density at radius 3 is 2.55 bits per heavy atom. The highest BCUT2D eigenvalue weighted by molar-refractivity contribution is 5.96. The van der Waals surface area contributed by atoms with Crippen LogP contribution >= 0.6 is 0 Å². The molecular weight excluding hydrogens is 401 g/mol. The van der Waals surface area contributed by atoms with Crippen molar-refractivity contribution in [1.82, 2.24) is 14.8 Å². The summed E-state index contributed by atoms with van der Waals surface area (Å²) in [7, 11) is 0. The minimum absolute atomic E-state index is 0.197. The standard InChI is InChI=1S/C23H24FN3O4/c24-15-8-6-14(7-9-15)23(31)27-18-11-26-17(2-1-3-19(26)29)21(27)20(16(18)12-28)22(30)25-10-13-4-5-13/h1-3,6-9,13,16,18,20-21,28H,4-5,10-12H2,(H,25,30)/t16-,18-,20+,21+/m1/s1. The number of hydrogen-bond acceptors (Lipinski definition) is 4. The molecule has 1 aliphatic carbocycles. The largest absolute Gasteiger partial charge is 0.396 e. The lowest BCUT2D eigenvalue weighted by Gasteiger charge is -2.38. The molecule has 7 nitrogen and oxygen atoms in total. The third-order valence-corrected chi connectivity index (χ3v) is 6.81. The number of nitrogens with zero attached hydrogens (tertiary/aromatic N) is 2. The lowest BCUT2D eigenvalue weighted by Crippen LogP contribution is -2.49. The van der Waals surface area contributed by atoms with E-state index in [9.17, 15) is 23.9 Å². The van der Waals surface area contributed by atoms with Crippen LogP contribution in [-0.2, 0) is 11.3 Å². The zero-order valence-electron chi connectivity index (χ0n) is 16.9. The molecule has 31 heavy (non-hydrogen) atoms. The van der Waals surface area contributed by atoms with Crippen LogP contribution < -0.4 is 10.9 Å². The molecule has 0 radical (unpaired) electrons. The third kappa shape index (κ3) is 3.35. The molecule has 1 aromatic heterocycles. The Morgan fingerprint density at radius 1 is 1.13 bits per heavy atom. The van der Waals surface area contributed by atoms with Gasteiger partial charge in [0.25, 0.3) is 11.5 Å². The van der Waals surface area contributed by atoms with Gasteiger partial charge < -0.3 is 19.9 Å². The number of halogens is 1. The first-order valence-corrected chi connectivity index (χ1v) is 10.7. The molecule has 4 atom stereocenters. The van der Waals surface area contributed by atoms with Crippen molar-refractivity contribution in [2.75, 3.05) is 13.2 Å². The minimum Gasteiger partial charge on any atom is -0.396 e. The molecule has 2 aromatic rings. The van der Waals surface area contributed by atoms with E-state index in [1.54, 1.807) is 21.6 Å². The van der Waals surface area contributed by atoms with Crippen LogP contribution in [0.1, 0.15) is 34.9 Å². The van der Waals surface area contributed by atoms with Gasteiger partial charge in [-0.25, -0.2) is 4.39 Å². The van der Waals surface area contributed by atoms with Crippen molar-refractivity contribution in [1.29, 1.82) is 0 Å². The van der Waals surface area contributed by atoms with Crippen LogP contribution in [0.25, 0.3) is 0 Å². The summed E-state index contributed by atoms with van der Waals surface area (Å²) in [6.07, 6.45) is 2.18. The van der Waals surface area contributed by atoms with E-state index in [0.29, 0.717) is 23.7 Å². The number of benzene rings is 1. The van der Waals surface area contributed by atoms with Gasteiger partial charge >= 0.3 is 0 Å². The molecule has 3 aliphatic rings. The first-order valence-electron chi connectivity index (χ1n) is 10.7. The molecule has 2 bridgehead atoms. The van der Waals surface area contributed by atoms with E-state index < -0.39 is 29.7 Å². The van der Waals surface area contributed by atoms with Crippen LogP contribution in [0.3, 0.4) is 0 Å². The molecule has 8 heteroatoms. The maximum Gasteiger partial charge on any atom is 0.254 e. The normalized spacial score (nSPS) is 26.5. The molecule has 0 spiro atoms. The van der Waals surface area contributed by atoms with Crippen molar-refractivity contribution in [3.8, 4) is 0 Å². The summed E-state index contributed by atoms with van der Waals surface area (Å²) < 4.78 is 15.0. The summed E-state index contributed by atoms with van der Waals surface area (Å²) in [5, 5.41) is 13.2. The maximum atomic E-state index is 13.5. The molecule has 2 fully saturated rings. The van der Waals surface area contributed by atoms with Crippen LogP contribution in [0.15, 0.2) is 47.3 Å². The van der Waals surface area contributed by atoms with E-state index in [1.165, 1.54) is 30.3 Å². The average Bonchev–Trinajstić information content (AvgIpc) is 3.56. The SMILES string of the molecule is O=C(NCC1CC1)[C@H]1[C@H](CO)[C@H]2Cn3c(cccc3=O)[C@@H]1N2C(=O)c1ccc(F)cc1. The molecule has 1 saturated carbocycles. The number of amides is 2. The van der Waals surface area contributed by atoms with Gasteiger partial charge in [-0.15, -0.1) is 0 Å². The highest BCUT2D eigenvalue weighted by atomic mass is 19.1. The van der Waals surface area contributed by atoms with E-state index in [4.69, 9.17) is 0 Å². The third-order valence-electron chi connectivity index (χ3n) is 6.81. The molecule has 1 aromatic carbocycles. The molecule has 1 saturated heterocycles. The van der Waals surface area contributed by atoms with Crippen molar-refractivity contribution >= 4 is 11.8 Å². The monoisotopic (exact) mass is 425 g/mol. The fourth-order valence-corrected chi connectivity index (χ4v) is 5.06. The zero-order chi connectivity index (χ0) is 21.7. The summed E-state index contributed by atoms with van der Waals surface area (Å²) >= 11 is 0. The number of rotatable bonds is 5. The van der Waals surface area contributed by atoms with Crippen LogP contribution in [-0.4, -0.2) is 45.6 Å². The smallest absolute Gasteiger partial charge is 0.254 e. The summed E-state index contributed by atoms with van der Waals surface area (Å²) in [6.45, 7) is 0.507. The molecule has 3 heterocycles. The molecule has 162 valence electrons. The number of fused-ring (bicyclic) bond motifs is 4. The minimum atomic E-state index is -0.679. The Kier molecular flexibility index (Phi) is 4.89. The van der Waals surface area contributed by atoms with Crippen molar-refractivity contribution < 1.29 is 19.1 Å². The van der Waals surface area contributed by atoms with Crippen LogP contribution in [0, 0.1) is 23.6 Å². The van der Waals surface area contributed by atoms with E-state index >= 15 is 0 Å². The number of hydrogen-bond donors (Lipinski definition) is 2. The summed E-state index contributed by atoms with van der Waals surface area (Å²) in [4.78, 5) is 40.8. The van der Waals surface area contributed by atoms with Crippen molar-refractivity contribution in [2.45, 2.75) is 31.5 Å².